The maximum Gasteiger partial charge on any atom is 0.317 e. The second-order valence-electron chi connectivity index (χ2n) is 10.1. The topological polar surface area (TPSA) is 113 Å². The maximum atomic E-state index is 13.5. The average molecular weight is 503 g/mol. The molecule has 2 aliphatic rings. The Kier molecular flexibility index (Phi) is 7.77. The Bertz CT molecular complexity index is 1200. The number of nitrogens with one attached hydrogen (secondary N) is 2. The molecule has 0 radical (unpaired) electrons. The Hall–Kier alpha value is -3.75. The Labute approximate surface area is 217 Å². The summed E-state index contributed by atoms with van der Waals surface area (Å²) in [7, 11) is 0. The molecule has 2 fully saturated rings. The number of aromatic nitrogens is 3. The minimum absolute atomic E-state index is 0.00210. The highest BCUT2D eigenvalue weighted by Gasteiger charge is 2.45. The highest BCUT2D eigenvalue weighted by Crippen LogP contribution is 2.41. The van der Waals surface area contributed by atoms with Crippen LogP contribution in [-0.4, -0.2) is 51.1 Å². The SMILES string of the molecule is Cc1ccc(CNC(=O)N2CCCCCCNC(=O)C3CC(c4nc(-c5cccnc5)no4)CC32)cc1. The van der Waals surface area contributed by atoms with Gasteiger partial charge in [0, 0.05) is 49.6 Å². The fourth-order valence-electron chi connectivity index (χ4n) is 5.36. The van der Waals surface area contributed by atoms with Crippen molar-refractivity contribution in [1.82, 2.24) is 30.7 Å². The number of hydrogen-bond acceptors (Lipinski definition) is 6. The fraction of sp³-hybridized carbons (Fsp3) is 0.464. The van der Waals surface area contributed by atoms with Gasteiger partial charge in [-0.05, 0) is 50.3 Å². The van der Waals surface area contributed by atoms with Crippen LogP contribution in [0.2, 0.25) is 0 Å². The van der Waals surface area contributed by atoms with E-state index in [4.69, 9.17) is 4.52 Å². The molecule has 9 nitrogen and oxygen atoms in total. The van der Waals surface area contributed by atoms with Crippen LogP contribution in [0, 0.1) is 12.8 Å². The third-order valence-corrected chi connectivity index (χ3v) is 7.43. The van der Waals surface area contributed by atoms with Crippen molar-refractivity contribution in [3.63, 3.8) is 0 Å². The molecule has 2 N–H and O–H groups in total. The lowest BCUT2D eigenvalue weighted by molar-refractivity contribution is -0.126. The van der Waals surface area contributed by atoms with E-state index in [1.54, 1.807) is 12.4 Å². The number of nitrogens with zero attached hydrogens (tertiary/aromatic N) is 4. The first kappa shape index (κ1) is 24.9. The van der Waals surface area contributed by atoms with Gasteiger partial charge in [0.05, 0.1) is 5.92 Å². The summed E-state index contributed by atoms with van der Waals surface area (Å²) in [6.45, 7) is 3.77. The first-order valence-corrected chi connectivity index (χ1v) is 13.2. The van der Waals surface area contributed by atoms with Crippen LogP contribution in [-0.2, 0) is 11.3 Å². The largest absolute Gasteiger partial charge is 0.356 e. The van der Waals surface area contributed by atoms with Crippen molar-refractivity contribution < 1.29 is 14.1 Å². The van der Waals surface area contributed by atoms with Gasteiger partial charge >= 0.3 is 6.03 Å². The van der Waals surface area contributed by atoms with Gasteiger partial charge in [0.15, 0.2) is 0 Å². The number of hydrogen-bond donors (Lipinski definition) is 2. The average Bonchev–Trinajstić information content (AvgIpc) is 3.57. The molecule has 194 valence electrons. The molecule has 0 spiro atoms. The molecule has 1 saturated carbocycles. The lowest BCUT2D eigenvalue weighted by atomic mass is 10.0. The summed E-state index contributed by atoms with van der Waals surface area (Å²) in [5, 5.41) is 10.3. The maximum absolute atomic E-state index is 13.5. The van der Waals surface area contributed by atoms with E-state index in [9.17, 15) is 9.59 Å². The van der Waals surface area contributed by atoms with Crippen molar-refractivity contribution in [2.45, 2.75) is 64.0 Å². The Morgan fingerprint density at radius 1 is 1.14 bits per heavy atom. The van der Waals surface area contributed by atoms with E-state index in [0.717, 1.165) is 36.8 Å². The minimum atomic E-state index is -0.332. The van der Waals surface area contributed by atoms with E-state index < -0.39 is 0 Å². The van der Waals surface area contributed by atoms with Gasteiger partial charge in [0.2, 0.25) is 17.6 Å². The number of urea groups is 1. The van der Waals surface area contributed by atoms with E-state index in [1.165, 1.54) is 5.56 Å². The zero-order valence-electron chi connectivity index (χ0n) is 21.2. The third-order valence-electron chi connectivity index (χ3n) is 7.43. The summed E-state index contributed by atoms with van der Waals surface area (Å²) >= 11 is 0. The van der Waals surface area contributed by atoms with Gasteiger partial charge in [-0.2, -0.15) is 4.98 Å². The number of aryl methyl sites for hydroxylation is 1. The van der Waals surface area contributed by atoms with E-state index in [2.05, 4.69) is 25.8 Å². The van der Waals surface area contributed by atoms with Gasteiger partial charge in [0.25, 0.3) is 0 Å². The van der Waals surface area contributed by atoms with Gasteiger partial charge in [-0.15, -0.1) is 0 Å². The van der Waals surface area contributed by atoms with E-state index in [-0.39, 0.29) is 29.8 Å². The second-order valence-corrected chi connectivity index (χ2v) is 10.1. The number of amides is 3. The van der Waals surface area contributed by atoms with Crippen LogP contribution >= 0.6 is 0 Å². The van der Waals surface area contributed by atoms with Gasteiger partial charge in [-0.1, -0.05) is 47.8 Å². The molecule has 37 heavy (non-hydrogen) atoms. The van der Waals surface area contributed by atoms with E-state index in [1.807, 2.05) is 48.2 Å². The molecular weight excluding hydrogens is 468 g/mol. The third kappa shape index (κ3) is 5.98. The first-order valence-electron chi connectivity index (χ1n) is 13.2. The molecule has 3 aromatic rings. The molecule has 3 atom stereocenters. The standard InChI is InChI=1S/C28H34N6O3/c1-19-8-10-20(11-9-19)17-31-28(36)34-14-5-3-2-4-13-30-26(35)23-15-22(16-24(23)34)27-32-25(33-37-27)21-7-6-12-29-18-21/h6-12,18,22-24H,2-5,13-17H2,1H3,(H,30,35)(H,31,36). The van der Waals surface area contributed by atoms with Crippen molar-refractivity contribution in [2.24, 2.45) is 5.92 Å². The molecule has 0 bridgehead atoms. The Balaban J connectivity index is 1.36. The lowest BCUT2D eigenvalue weighted by Crippen LogP contribution is -2.50. The minimum Gasteiger partial charge on any atom is -0.356 e. The van der Waals surface area contributed by atoms with E-state index >= 15 is 0 Å². The zero-order valence-corrected chi connectivity index (χ0v) is 21.2. The van der Waals surface area contributed by atoms with Gasteiger partial charge in [-0.3, -0.25) is 9.78 Å². The Morgan fingerprint density at radius 3 is 2.78 bits per heavy atom. The van der Waals surface area contributed by atoms with Crippen LogP contribution in [0.3, 0.4) is 0 Å². The van der Waals surface area contributed by atoms with E-state index in [0.29, 0.717) is 44.2 Å². The number of fused-ring (bicyclic) bond motifs is 1. The molecule has 1 aliphatic carbocycles. The molecule has 1 aromatic carbocycles. The van der Waals surface area contributed by atoms with Gasteiger partial charge in [0.1, 0.15) is 0 Å². The number of carbonyl (C=O) groups excluding carboxylic acids is 2. The molecule has 3 heterocycles. The second kappa shape index (κ2) is 11.5. The summed E-state index contributed by atoms with van der Waals surface area (Å²) in [4.78, 5) is 37.4. The van der Waals surface area contributed by atoms with Crippen molar-refractivity contribution in [3.8, 4) is 11.4 Å². The normalized spacial score (nSPS) is 22.6. The first-order chi connectivity index (χ1) is 18.1. The predicted molar refractivity (Wildman–Crippen MR) is 138 cm³/mol. The van der Waals surface area contributed by atoms with Crippen LogP contribution in [0.4, 0.5) is 4.79 Å². The van der Waals surface area contributed by atoms with Crippen LogP contribution in [0.25, 0.3) is 11.4 Å². The molecule has 9 heteroatoms. The lowest BCUT2D eigenvalue weighted by Gasteiger charge is -2.32. The number of rotatable bonds is 4. The summed E-state index contributed by atoms with van der Waals surface area (Å²) in [5.74, 6) is 0.551. The predicted octanol–water partition coefficient (Wildman–Crippen LogP) is 4.20. The van der Waals surface area contributed by atoms with Crippen LogP contribution in [0.1, 0.15) is 61.5 Å². The van der Waals surface area contributed by atoms with Crippen LogP contribution in [0.5, 0.6) is 0 Å². The number of carbonyl (C=O) groups is 2. The van der Waals surface area contributed by atoms with Crippen LogP contribution < -0.4 is 10.6 Å². The zero-order chi connectivity index (χ0) is 25.6. The molecular formula is C28H34N6O3. The van der Waals surface area contributed by atoms with Gasteiger partial charge in [-0.25, -0.2) is 4.79 Å². The highest BCUT2D eigenvalue weighted by molar-refractivity contribution is 5.82. The van der Waals surface area contributed by atoms with Crippen molar-refractivity contribution >= 4 is 11.9 Å². The number of pyridine rings is 1. The fourth-order valence-corrected chi connectivity index (χ4v) is 5.36. The van der Waals surface area contributed by atoms with Crippen molar-refractivity contribution in [2.75, 3.05) is 13.1 Å². The molecule has 5 rings (SSSR count). The number of benzene rings is 1. The summed E-state index contributed by atoms with van der Waals surface area (Å²) in [6, 6.07) is 11.5. The van der Waals surface area contributed by atoms with Gasteiger partial charge < -0.3 is 20.1 Å². The summed E-state index contributed by atoms with van der Waals surface area (Å²) in [6.07, 6.45) is 8.48. The molecule has 2 aromatic heterocycles. The van der Waals surface area contributed by atoms with Crippen molar-refractivity contribution in [1.29, 1.82) is 0 Å². The smallest absolute Gasteiger partial charge is 0.317 e. The summed E-state index contributed by atoms with van der Waals surface area (Å²) < 4.78 is 5.65. The quantitative estimate of drug-likeness (QED) is 0.553. The molecule has 1 saturated heterocycles. The summed E-state index contributed by atoms with van der Waals surface area (Å²) in [5.41, 5.74) is 3.01. The molecule has 1 aliphatic heterocycles. The van der Waals surface area contributed by atoms with Crippen molar-refractivity contribution in [3.05, 3.63) is 65.8 Å². The monoisotopic (exact) mass is 502 g/mol. The molecule has 3 unspecified atom stereocenters. The highest BCUT2D eigenvalue weighted by atomic mass is 16.5. The van der Waals surface area contributed by atoms with Crippen LogP contribution in [0.15, 0.2) is 53.3 Å². The Morgan fingerprint density at radius 2 is 1.97 bits per heavy atom. The molecule has 3 amide bonds.